The molecule has 1 aromatic heterocycles. The van der Waals surface area contributed by atoms with E-state index in [4.69, 9.17) is 4.42 Å². The van der Waals surface area contributed by atoms with Crippen LogP contribution < -0.4 is 5.76 Å². The second-order valence-corrected chi connectivity index (χ2v) is 8.43. The fraction of sp³-hybridized carbons (Fsp3) is 0.200. The zero-order valence-corrected chi connectivity index (χ0v) is 17.7. The van der Waals surface area contributed by atoms with Crippen LogP contribution in [0.25, 0.3) is 22.2 Å². The summed E-state index contributed by atoms with van der Waals surface area (Å²) in [5.74, 6) is -0.262. The minimum Gasteiger partial charge on any atom is -0.407 e. The largest absolute Gasteiger partial charge is 0.426 e. The van der Waals surface area contributed by atoms with Crippen LogP contribution >= 0.6 is 11.8 Å². The Morgan fingerprint density at radius 3 is 2.42 bits per heavy atom. The van der Waals surface area contributed by atoms with E-state index in [0.717, 1.165) is 34.3 Å². The molecule has 0 atom stereocenters. The lowest BCUT2D eigenvalue weighted by Gasteiger charge is -2.05. The predicted molar refractivity (Wildman–Crippen MR) is 122 cm³/mol. The third-order valence-corrected chi connectivity index (χ3v) is 6.15. The second-order valence-electron chi connectivity index (χ2n) is 7.26. The van der Waals surface area contributed by atoms with E-state index in [1.165, 1.54) is 17.0 Å². The van der Waals surface area contributed by atoms with E-state index in [0.29, 0.717) is 17.5 Å². The minimum absolute atomic E-state index is 0.268. The second kappa shape index (κ2) is 9.79. The number of oxazole rings is 1. The van der Waals surface area contributed by atoms with E-state index in [9.17, 15) is 14.0 Å². The Bertz CT molecular complexity index is 1230. The van der Waals surface area contributed by atoms with Gasteiger partial charge in [0.25, 0.3) is 0 Å². The molecule has 0 spiro atoms. The summed E-state index contributed by atoms with van der Waals surface area (Å²) in [5, 5.41) is 0. The number of halogens is 1. The van der Waals surface area contributed by atoms with Crippen LogP contribution in [0.4, 0.5) is 4.39 Å². The number of carbonyl (C=O) groups is 1. The van der Waals surface area contributed by atoms with Crippen LogP contribution in [0.15, 0.2) is 86.9 Å². The zero-order chi connectivity index (χ0) is 21.6. The molecule has 0 bridgehead atoms. The van der Waals surface area contributed by atoms with E-state index in [1.807, 2.05) is 18.2 Å². The fourth-order valence-electron chi connectivity index (χ4n) is 3.45. The lowest BCUT2D eigenvalue weighted by molar-refractivity contribution is 0.0895. The van der Waals surface area contributed by atoms with E-state index >= 15 is 0 Å². The highest BCUT2D eigenvalue weighted by Crippen LogP contribution is 2.25. The number of fused-ring (bicyclic) bond motifs is 1. The first kappa shape index (κ1) is 21.1. The highest BCUT2D eigenvalue weighted by atomic mass is 32.2. The highest BCUT2D eigenvalue weighted by Gasteiger charge is 2.16. The maximum Gasteiger partial charge on any atom is 0.426 e. The average Bonchev–Trinajstić information content (AvgIpc) is 3.12. The van der Waals surface area contributed by atoms with Crippen LogP contribution in [0.1, 0.15) is 30.5 Å². The molecule has 0 radical (unpaired) electrons. The molecule has 31 heavy (non-hydrogen) atoms. The molecule has 0 amide bonds. The molecule has 0 aliphatic carbocycles. The zero-order valence-electron chi connectivity index (χ0n) is 16.9. The van der Waals surface area contributed by atoms with Gasteiger partial charge in [0.1, 0.15) is 5.82 Å². The molecule has 158 valence electrons. The molecular formula is C25H22FNO3S. The Kier molecular flexibility index (Phi) is 6.67. The molecule has 1 heterocycles. The number of nitrogens with zero attached hydrogens (tertiary/aromatic N) is 1. The lowest BCUT2D eigenvalue weighted by Crippen LogP contribution is -2.22. The maximum absolute atomic E-state index is 13.2. The van der Waals surface area contributed by atoms with Crippen LogP contribution in [0.2, 0.25) is 0 Å². The minimum atomic E-state index is -0.670. The molecular weight excluding hydrogens is 413 g/mol. The summed E-state index contributed by atoms with van der Waals surface area (Å²) >= 11 is 1.80. The Morgan fingerprint density at radius 2 is 1.65 bits per heavy atom. The van der Waals surface area contributed by atoms with Gasteiger partial charge in [0.15, 0.2) is 5.58 Å². The van der Waals surface area contributed by atoms with Crippen molar-refractivity contribution >= 4 is 28.8 Å². The Hall–Kier alpha value is -3.12. The van der Waals surface area contributed by atoms with Gasteiger partial charge >= 0.3 is 5.76 Å². The van der Waals surface area contributed by atoms with Gasteiger partial charge < -0.3 is 4.42 Å². The van der Waals surface area contributed by atoms with Crippen LogP contribution in [-0.2, 0) is 0 Å². The van der Waals surface area contributed by atoms with Crippen LogP contribution in [0.3, 0.4) is 0 Å². The number of aromatic nitrogens is 1. The van der Waals surface area contributed by atoms with Gasteiger partial charge in [-0.1, -0.05) is 42.8 Å². The van der Waals surface area contributed by atoms with Crippen molar-refractivity contribution in [1.82, 2.24) is 4.57 Å². The summed E-state index contributed by atoms with van der Waals surface area (Å²) in [6.45, 7) is 0. The van der Waals surface area contributed by atoms with E-state index in [1.54, 1.807) is 42.1 Å². The van der Waals surface area contributed by atoms with Crippen molar-refractivity contribution in [3.63, 3.8) is 0 Å². The first-order chi connectivity index (χ1) is 15.1. The third kappa shape index (κ3) is 5.14. The summed E-state index contributed by atoms with van der Waals surface area (Å²) < 4.78 is 19.6. The van der Waals surface area contributed by atoms with Crippen molar-refractivity contribution in [2.75, 3.05) is 5.75 Å². The summed E-state index contributed by atoms with van der Waals surface area (Å²) in [4.78, 5) is 26.3. The standard InChI is InChI=1S/C25H22FNO3S/c26-20-13-10-18(11-14-20)19-12-15-23-22(17-19)27(25(29)30-23)24(28)9-5-2-6-16-31-21-7-3-1-4-8-21/h1,3-4,7-8,10-15,17H,2,5-6,9,16H2. The van der Waals surface area contributed by atoms with Crippen molar-refractivity contribution < 1.29 is 13.6 Å². The van der Waals surface area contributed by atoms with Crippen molar-refractivity contribution in [3.05, 3.63) is 89.2 Å². The SMILES string of the molecule is O=C(CCCCCSc1ccccc1)n1c(=O)oc2ccc(-c3ccc(F)cc3)cc21. The first-order valence-corrected chi connectivity index (χ1v) is 11.2. The molecule has 6 heteroatoms. The summed E-state index contributed by atoms with van der Waals surface area (Å²) in [5.41, 5.74) is 2.39. The van der Waals surface area contributed by atoms with Crippen molar-refractivity contribution in [3.8, 4) is 11.1 Å². The van der Waals surface area contributed by atoms with Crippen LogP contribution in [-0.4, -0.2) is 16.2 Å². The molecule has 0 saturated heterocycles. The number of rotatable bonds is 8. The first-order valence-electron chi connectivity index (χ1n) is 10.2. The van der Waals surface area contributed by atoms with Gasteiger partial charge in [0.05, 0.1) is 5.52 Å². The molecule has 0 aliphatic heterocycles. The van der Waals surface area contributed by atoms with E-state index in [2.05, 4.69) is 12.1 Å². The highest BCUT2D eigenvalue weighted by molar-refractivity contribution is 7.99. The van der Waals surface area contributed by atoms with Gasteiger partial charge in [0, 0.05) is 11.3 Å². The average molecular weight is 436 g/mol. The quantitative estimate of drug-likeness (QED) is 0.238. The molecule has 4 aromatic rings. The molecule has 0 unspecified atom stereocenters. The molecule has 0 saturated carbocycles. The smallest absolute Gasteiger partial charge is 0.407 e. The molecule has 3 aromatic carbocycles. The topological polar surface area (TPSA) is 52.2 Å². The van der Waals surface area contributed by atoms with Gasteiger partial charge in [-0.05, 0) is 66.1 Å². The monoisotopic (exact) mass is 435 g/mol. The molecule has 0 N–H and O–H groups in total. The number of hydrogen-bond acceptors (Lipinski definition) is 4. The number of benzene rings is 3. The number of hydrogen-bond donors (Lipinski definition) is 0. The fourth-order valence-corrected chi connectivity index (χ4v) is 4.38. The summed E-state index contributed by atoms with van der Waals surface area (Å²) in [6, 6.07) is 21.5. The van der Waals surface area contributed by atoms with Crippen molar-refractivity contribution in [2.45, 2.75) is 30.6 Å². The molecule has 0 aliphatic rings. The third-order valence-electron chi connectivity index (χ3n) is 5.05. The predicted octanol–water partition coefficient (Wildman–Crippen LogP) is 6.39. The van der Waals surface area contributed by atoms with Crippen molar-refractivity contribution in [1.29, 1.82) is 0 Å². The Morgan fingerprint density at radius 1 is 0.903 bits per heavy atom. The number of thioether (sulfide) groups is 1. The summed E-state index contributed by atoms with van der Waals surface area (Å²) in [7, 11) is 0. The maximum atomic E-state index is 13.2. The number of unbranched alkanes of at least 4 members (excludes halogenated alkanes) is 2. The normalized spacial score (nSPS) is 11.1. The Balaban J connectivity index is 1.39. The lowest BCUT2D eigenvalue weighted by atomic mass is 10.1. The van der Waals surface area contributed by atoms with Gasteiger partial charge in [-0.25, -0.2) is 13.8 Å². The van der Waals surface area contributed by atoms with E-state index in [-0.39, 0.29) is 18.1 Å². The van der Waals surface area contributed by atoms with Crippen molar-refractivity contribution in [2.24, 2.45) is 0 Å². The molecule has 4 rings (SSSR count). The summed E-state index contributed by atoms with van der Waals surface area (Å²) in [6.07, 6.45) is 2.91. The van der Waals surface area contributed by atoms with Gasteiger partial charge in [-0.2, -0.15) is 0 Å². The van der Waals surface area contributed by atoms with Crippen LogP contribution in [0.5, 0.6) is 0 Å². The van der Waals surface area contributed by atoms with Gasteiger partial charge in [0.2, 0.25) is 5.91 Å². The Labute approximate surface area is 183 Å². The van der Waals surface area contributed by atoms with Crippen LogP contribution in [0, 0.1) is 5.82 Å². The number of carbonyl (C=O) groups excluding carboxylic acids is 1. The van der Waals surface area contributed by atoms with Gasteiger partial charge in [-0.3, -0.25) is 4.79 Å². The molecule has 0 fully saturated rings. The van der Waals surface area contributed by atoms with Gasteiger partial charge in [-0.15, -0.1) is 11.8 Å². The van der Waals surface area contributed by atoms with E-state index < -0.39 is 5.76 Å². The molecule has 4 nitrogen and oxygen atoms in total.